The molecule has 3 rings (SSSR count). The quantitative estimate of drug-likeness (QED) is 0.920. The number of rotatable bonds is 2. The maximum absolute atomic E-state index is 5.97. The van der Waals surface area contributed by atoms with Crippen LogP contribution in [0.15, 0.2) is 22.7 Å². The van der Waals surface area contributed by atoms with Crippen molar-refractivity contribution in [1.29, 1.82) is 0 Å². The van der Waals surface area contributed by atoms with Gasteiger partial charge in [0.05, 0.1) is 16.0 Å². The second kappa shape index (κ2) is 4.88. The third-order valence-corrected chi connectivity index (χ3v) is 3.77. The van der Waals surface area contributed by atoms with Crippen molar-refractivity contribution >= 4 is 23.2 Å². The van der Waals surface area contributed by atoms with Gasteiger partial charge in [0.25, 0.3) is 0 Å². The number of halogens is 2. The first-order chi connectivity index (χ1) is 8.74. The van der Waals surface area contributed by atoms with Gasteiger partial charge in [-0.2, -0.15) is 4.98 Å². The normalized spacial score (nSPS) is 19.3. The zero-order valence-electron chi connectivity index (χ0n) is 9.49. The Morgan fingerprint density at radius 3 is 2.89 bits per heavy atom. The summed E-state index contributed by atoms with van der Waals surface area (Å²) < 4.78 is 5.30. The number of hydrogen-bond donors (Lipinski definition) is 1. The Bertz CT molecular complexity index is 564. The summed E-state index contributed by atoms with van der Waals surface area (Å²) in [5.41, 5.74) is 0.811. The fourth-order valence-electron chi connectivity index (χ4n) is 2.02. The lowest BCUT2D eigenvalue weighted by Crippen LogP contribution is -2.08. The molecule has 1 aliphatic rings. The first kappa shape index (κ1) is 12.0. The zero-order chi connectivity index (χ0) is 12.5. The van der Waals surface area contributed by atoms with Gasteiger partial charge in [-0.1, -0.05) is 28.4 Å². The SMILES string of the molecule is Clc1ccc(-c2noc(C3CCNC3)n2)cc1Cl. The molecule has 0 amide bonds. The molecule has 0 spiro atoms. The van der Waals surface area contributed by atoms with E-state index in [0.717, 1.165) is 25.1 Å². The lowest BCUT2D eigenvalue weighted by Gasteiger charge is -1.99. The molecule has 18 heavy (non-hydrogen) atoms. The predicted molar refractivity (Wildman–Crippen MR) is 70.0 cm³/mol. The van der Waals surface area contributed by atoms with E-state index < -0.39 is 0 Å². The maximum Gasteiger partial charge on any atom is 0.231 e. The van der Waals surface area contributed by atoms with Crippen molar-refractivity contribution in [3.05, 3.63) is 34.1 Å². The second-order valence-corrected chi connectivity index (χ2v) is 5.09. The first-order valence-corrected chi connectivity index (χ1v) is 6.49. The molecule has 94 valence electrons. The Morgan fingerprint density at radius 2 is 2.17 bits per heavy atom. The first-order valence-electron chi connectivity index (χ1n) is 5.74. The zero-order valence-corrected chi connectivity index (χ0v) is 11.0. The summed E-state index contributed by atoms with van der Waals surface area (Å²) in [6.07, 6.45) is 1.03. The van der Waals surface area contributed by atoms with Crippen LogP contribution in [0.1, 0.15) is 18.2 Å². The van der Waals surface area contributed by atoms with Crippen LogP contribution in [0.2, 0.25) is 10.0 Å². The smallest absolute Gasteiger partial charge is 0.231 e. The van der Waals surface area contributed by atoms with Gasteiger partial charge in [0.1, 0.15) is 0 Å². The summed E-state index contributed by atoms with van der Waals surface area (Å²) >= 11 is 11.8. The average Bonchev–Trinajstić information content (AvgIpc) is 3.01. The van der Waals surface area contributed by atoms with E-state index in [-0.39, 0.29) is 0 Å². The highest BCUT2D eigenvalue weighted by atomic mass is 35.5. The highest BCUT2D eigenvalue weighted by molar-refractivity contribution is 6.42. The molecule has 4 nitrogen and oxygen atoms in total. The van der Waals surface area contributed by atoms with Crippen LogP contribution in [0.3, 0.4) is 0 Å². The van der Waals surface area contributed by atoms with Crippen molar-refractivity contribution in [3.63, 3.8) is 0 Å². The van der Waals surface area contributed by atoms with Gasteiger partial charge in [-0.15, -0.1) is 0 Å². The molecular formula is C12H11Cl2N3O. The minimum Gasteiger partial charge on any atom is -0.339 e. The largest absolute Gasteiger partial charge is 0.339 e. The second-order valence-electron chi connectivity index (χ2n) is 4.27. The van der Waals surface area contributed by atoms with Crippen LogP contribution in [0.4, 0.5) is 0 Å². The van der Waals surface area contributed by atoms with Crippen molar-refractivity contribution in [2.24, 2.45) is 0 Å². The number of benzene rings is 1. The van der Waals surface area contributed by atoms with Crippen molar-refractivity contribution < 1.29 is 4.52 Å². The molecule has 0 radical (unpaired) electrons. The Morgan fingerprint density at radius 1 is 1.28 bits per heavy atom. The molecule has 1 fully saturated rings. The molecule has 2 heterocycles. The monoisotopic (exact) mass is 283 g/mol. The van der Waals surface area contributed by atoms with Crippen LogP contribution in [0, 0.1) is 0 Å². The molecule has 1 unspecified atom stereocenters. The van der Waals surface area contributed by atoms with Crippen LogP contribution in [-0.4, -0.2) is 23.2 Å². The average molecular weight is 284 g/mol. The third kappa shape index (κ3) is 2.23. The minimum atomic E-state index is 0.314. The van der Waals surface area contributed by atoms with Gasteiger partial charge in [-0.05, 0) is 31.2 Å². The highest BCUT2D eigenvalue weighted by Crippen LogP contribution is 2.28. The van der Waals surface area contributed by atoms with Crippen molar-refractivity contribution in [3.8, 4) is 11.4 Å². The fraction of sp³-hybridized carbons (Fsp3) is 0.333. The van der Waals surface area contributed by atoms with Gasteiger partial charge < -0.3 is 9.84 Å². The summed E-state index contributed by atoms with van der Waals surface area (Å²) in [5, 5.41) is 8.26. The molecule has 1 N–H and O–H groups in total. The summed E-state index contributed by atoms with van der Waals surface area (Å²) in [7, 11) is 0. The van der Waals surface area contributed by atoms with Crippen LogP contribution >= 0.6 is 23.2 Å². The van der Waals surface area contributed by atoms with E-state index in [1.807, 2.05) is 6.07 Å². The standard InChI is InChI=1S/C12H11Cl2N3O/c13-9-2-1-7(5-10(9)14)11-16-12(18-17-11)8-3-4-15-6-8/h1-2,5,8,15H,3-4,6H2. The van der Waals surface area contributed by atoms with E-state index in [1.165, 1.54) is 0 Å². The highest BCUT2D eigenvalue weighted by Gasteiger charge is 2.23. The van der Waals surface area contributed by atoms with E-state index in [0.29, 0.717) is 27.7 Å². The van der Waals surface area contributed by atoms with Crippen LogP contribution < -0.4 is 5.32 Å². The summed E-state index contributed by atoms with van der Waals surface area (Å²) in [6.45, 7) is 1.89. The Balaban J connectivity index is 1.89. The number of nitrogens with zero attached hydrogens (tertiary/aromatic N) is 2. The van der Waals surface area contributed by atoms with Crippen LogP contribution in [0.25, 0.3) is 11.4 Å². The van der Waals surface area contributed by atoms with Gasteiger partial charge in [0, 0.05) is 12.1 Å². The molecular weight excluding hydrogens is 273 g/mol. The molecule has 1 aliphatic heterocycles. The van der Waals surface area contributed by atoms with E-state index in [2.05, 4.69) is 15.5 Å². The Labute approximate surface area is 114 Å². The molecule has 6 heteroatoms. The van der Waals surface area contributed by atoms with Crippen LogP contribution in [0.5, 0.6) is 0 Å². The summed E-state index contributed by atoms with van der Waals surface area (Å²) in [4.78, 5) is 4.41. The molecule has 2 aromatic rings. The lowest BCUT2D eigenvalue weighted by molar-refractivity contribution is 0.359. The minimum absolute atomic E-state index is 0.314. The van der Waals surface area contributed by atoms with Gasteiger partial charge in [-0.3, -0.25) is 0 Å². The van der Waals surface area contributed by atoms with E-state index in [1.54, 1.807) is 12.1 Å². The molecule has 1 saturated heterocycles. The van der Waals surface area contributed by atoms with E-state index >= 15 is 0 Å². The number of hydrogen-bond acceptors (Lipinski definition) is 4. The van der Waals surface area contributed by atoms with Gasteiger partial charge >= 0.3 is 0 Å². The molecule has 0 bridgehead atoms. The fourth-order valence-corrected chi connectivity index (χ4v) is 2.32. The van der Waals surface area contributed by atoms with E-state index in [9.17, 15) is 0 Å². The maximum atomic E-state index is 5.97. The predicted octanol–water partition coefficient (Wildman–Crippen LogP) is 3.12. The number of aromatic nitrogens is 2. The summed E-state index contributed by atoms with van der Waals surface area (Å²) in [5.74, 6) is 1.55. The molecule has 0 saturated carbocycles. The van der Waals surface area contributed by atoms with Gasteiger partial charge in [0.2, 0.25) is 11.7 Å². The Hall–Kier alpha value is -1.10. The number of nitrogens with one attached hydrogen (secondary N) is 1. The molecule has 1 aromatic heterocycles. The van der Waals surface area contributed by atoms with Gasteiger partial charge in [0.15, 0.2) is 0 Å². The van der Waals surface area contributed by atoms with Crippen molar-refractivity contribution in [2.45, 2.75) is 12.3 Å². The van der Waals surface area contributed by atoms with Gasteiger partial charge in [-0.25, -0.2) is 0 Å². The topological polar surface area (TPSA) is 51.0 Å². The van der Waals surface area contributed by atoms with Crippen molar-refractivity contribution in [1.82, 2.24) is 15.5 Å². The molecule has 1 aromatic carbocycles. The van der Waals surface area contributed by atoms with Crippen molar-refractivity contribution in [2.75, 3.05) is 13.1 Å². The lowest BCUT2D eigenvalue weighted by atomic mass is 10.1. The van der Waals surface area contributed by atoms with E-state index in [4.69, 9.17) is 27.7 Å². The Kier molecular flexibility index (Phi) is 3.24. The van der Waals surface area contributed by atoms with Crippen LogP contribution in [-0.2, 0) is 0 Å². The summed E-state index contributed by atoms with van der Waals surface area (Å²) in [6, 6.07) is 5.30. The molecule has 1 atom stereocenters. The third-order valence-electron chi connectivity index (χ3n) is 3.03. The molecule has 0 aliphatic carbocycles.